The number of likely N-dealkylation sites (tertiary alicyclic amines) is 2. The van der Waals surface area contributed by atoms with E-state index in [1.54, 1.807) is 12.4 Å². The number of carbonyl (C=O) groups excluding carboxylic acids is 1. The topological polar surface area (TPSA) is 74.2 Å². The number of hydrogen-bond acceptors (Lipinski definition) is 4. The molecule has 31 heavy (non-hydrogen) atoms. The largest absolute Gasteiger partial charge is 0.326 e. The van der Waals surface area contributed by atoms with E-state index in [1.807, 2.05) is 40.7 Å². The second-order valence-electron chi connectivity index (χ2n) is 8.80. The Kier molecular flexibility index (Phi) is 5.36. The predicted octanol–water partition coefficient (Wildman–Crippen LogP) is 3.32. The van der Waals surface area contributed by atoms with Crippen LogP contribution in [0, 0.1) is 6.92 Å². The maximum absolute atomic E-state index is 13.1. The SMILES string of the molecule is Cc1ccc2c(c1)[nH]c(=O)n2C1CCN(C2CCCCN2C(=O)c2cccnc2)CC1. The van der Waals surface area contributed by atoms with Crippen LogP contribution in [-0.4, -0.2) is 56.0 Å². The molecule has 0 aliphatic carbocycles. The van der Waals surface area contributed by atoms with Gasteiger partial charge in [-0.3, -0.25) is 19.2 Å². The van der Waals surface area contributed by atoms with Crippen LogP contribution in [0.1, 0.15) is 54.1 Å². The molecule has 2 aromatic heterocycles. The fourth-order valence-corrected chi connectivity index (χ4v) is 5.24. The monoisotopic (exact) mass is 419 g/mol. The normalized spacial score (nSPS) is 20.9. The quantitative estimate of drug-likeness (QED) is 0.707. The number of pyridine rings is 1. The Morgan fingerprint density at radius 3 is 2.71 bits per heavy atom. The summed E-state index contributed by atoms with van der Waals surface area (Å²) >= 11 is 0. The van der Waals surface area contributed by atoms with Crippen LogP contribution in [0.3, 0.4) is 0 Å². The van der Waals surface area contributed by atoms with Crippen molar-refractivity contribution in [3.05, 3.63) is 64.3 Å². The molecule has 3 aromatic rings. The Morgan fingerprint density at radius 1 is 1.10 bits per heavy atom. The summed E-state index contributed by atoms with van der Waals surface area (Å²) in [5.74, 6) is 0.0724. The first-order valence-electron chi connectivity index (χ1n) is 11.3. The van der Waals surface area contributed by atoms with Crippen molar-refractivity contribution in [1.29, 1.82) is 0 Å². The van der Waals surface area contributed by atoms with Gasteiger partial charge in [-0.15, -0.1) is 0 Å². The number of nitrogens with zero attached hydrogens (tertiary/aromatic N) is 4. The molecule has 7 heteroatoms. The maximum atomic E-state index is 13.1. The van der Waals surface area contributed by atoms with Crippen LogP contribution < -0.4 is 5.69 Å². The number of H-pyrrole nitrogens is 1. The molecule has 2 aliphatic rings. The number of aromatic amines is 1. The van der Waals surface area contributed by atoms with Crippen LogP contribution in [0.25, 0.3) is 11.0 Å². The van der Waals surface area contributed by atoms with Crippen LogP contribution in [0.4, 0.5) is 0 Å². The van der Waals surface area contributed by atoms with E-state index in [-0.39, 0.29) is 23.8 Å². The van der Waals surface area contributed by atoms with Gasteiger partial charge in [-0.05, 0) is 68.9 Å². The van der Waals surface area contributed by atoms with Gasteiger partial charge in [0.05, 0.1) is 22.8 Å². The molecule has 7 nitrogen and oxygen atoms in total. The first-order valence-corrected chi connectivity index (χ1v) is 11.3. The number of amides is 1. The minimum atomic E-state index is -0.0231. The van der Waals surface area contributed by atoms with Gasteiger partial charge < -0.3 is 9.88 Å². The first kappa shape index (κ1) is 20.0. The highest BCUT2D eigenvalue weighted by atomic mass is 16.2. The Balaban J connectivity index is 1.32. The average molecular weight is 420 g/mol. The Labute approximate surface area is 181 Å². The van der Waals surface area contributed by atoms with Crippen molar-refractivity contribution in [3.8, 4) is 0 Å². The maximum Gasteiger partial charge on any atom is 0.326 e. The number of benzene rings is 1. The molecule has 1 N–H and O–H groups in total. The van der Waals surface area contributed by atoms with Gasteiger partial charge in [0.15, 0.2) is 0 Å². The van der Waals surface area contributed by atoms with E-state index in [2.05, 4.69) is 20.9 Å². The third-order valence-corrected chi connectivity index (χ3v) is 6.80. The van der Waals surface area contributed by atoms with Gasteiger partial charge in [-0.1, -0.05) is 6.07 Å². The fourth-order valence-electron chi connectivity index (χ4n) is 5.24. The van der Waals surface area contributed by atoms with Crippen molar-refractivity contribution in [2.75, 3.05) is 19.6 Å². The van der Waals surface area contributed by atoms with E-state index < -0.39 is 0 Å². The average Bonchev–Trinajstić information content (AvgIpc) is 3.14. The van der Waals surface area contributed by atoms with E-state index in [1.165, 1.54) is 0 Å². The lowest BCUT2D eigenvalue weighted by Gasteiger charge is -2.45. The van der Waals surface area contributed by atoms with Gasteiger partial charge in [0.1, 0.15) is 0 Å². The fraction of sp³-hybridized carbons (Fsp3) is 0.458. The lowest BCUT2D eigenvalue weighted by molar-refractivity contribution is 0.00118. The summed E-state index contributed by atoms with van der Waals surface area (Å²) in [5, 5.41) is 0. The van der Waals surface area contributed by atoms with E-state index in [0.29, 0.717) is 5.56 Å². The third kappa shape index (κ3) is 3.78. The summed E-state index contributed by atoms with van der Waals surface area (Å²) in [6.45, 7) is 4.60. The van der Waals surface area contributed by atoms with Crippen molar-refractivity contribution < 1.29 is 4.79 Å². The molecule has 0 bridgehead atoms. The Hall–Kier alpha value is -2.93. The van der Waals surface area contributed by atoms with Gasteiger partial charge in [0.2, 0.25) is 0 Å². The number of imidazole rings is 1. The molecule has 1 aromatic carbocycles. The lowest BCUT2D eigenvalue weighted by atomic mass is 9.99. The number of carbonyl (C=O) groups is 1. The molecule has 1 atom stereocenters. The summed E-state index contributed by atoms with van der Waals surface area (Å²) in [4.78, 5) is 37.4. The van der Waals surface area contributed by atoms with Crippen molar-refractivity contribution in [2.24, 2.45) is 0 Å². The number of aryl methyl sites for hydroxylation is 1. The molecule has 1 amide bonds. The molecule has 0 radical (unpaired) electrons. The minimum absolute atomic E-state index is 0.0231. The van der Waals surface area contributed by atoms with E-state index >= 15 is 0 Å². The number of hydrogen-bond donors (Lipinski definition) is 1. The third-order valence-electron chi connectivity index (χ3n) is 6.80. The van der Waals surface area contributed by atoms with Crippen molar-refractivity contribution in [3.63, 3.8) is 0 Å². The minimum Gasteiger partial charge on any atom is -0.323 e. The van der Waals surface area contributed by atoms with Crippen LogP contribution >= 0.6 is 0 Å². The van der Waals surface area contributed by atoms with E-state index in [0.717, 1.165) is 68.3 Å². The highest BCUT2D eigenvalue weighted by Crippen LogP contribution is 2.30. The van der Waals surface area contributed by atoms with Gasteiger partial charge in [-0.25, -0.2) is 4.79 Å². The number of fused-ring (bicyclic) bond motifs is 1. The molecule has 0 spiro atoms. The summed E-state index contributed by atoms with van der Waals surface area (Å²) in [5.41, 5.74) is 3.68. The zero-order valence-corrected chi connectivity index (χ0v) is 18.0. The van der Waals surface area contributed by atoms with Gasteiger partial charge in [0.25, 0.3) is 5.91 Å². The molecule has 1 unspecified atom stereocenters. The molecule has 2 fully saturated rings. The predicted molar refractivity (Wildman–Crippen MR) is 120 cm³/mol. The Bertz CT molecular complexity index is 1130. The lowest BCUT2D eigenvalue weighted by Crippen LogP contribution is -2.55. The molecular weight excluding hydrogens is 390 g/mol. The molecule has 2 aliphatic heterocycles. The van der Waals surface area contributed by atoms with Gasteiger partial charge in [-0.2, -0.15) is 0 Å². The molecule has 4 heterocycles. The van der Waals surface area contributed by atoms with E-state index in [9.17, 15) is 9.59 Å². The number of piperidine rings is 2. The Morgan fingerprint density at radius 2 is 1.94 bits per heavy atom. The van der Waals surface area contributed by atoms with Crippen LogP contribution in [0.5, 0.6) is 0 Å². The van der Waals surface area contributed by atoms with Gasteiger partial charge in [0, 0.05) is 38.1 Å². The van der Waals surface area contributed by atoms with Gasteiger partial charge >= 0.3 is 5.69 Å². The van der Waals surface area contributed by atoms with Crippen LogP contribution in [0.2, 0.25) is 0 Å². The summed E-state index contributed by atoms with van der Waals surface area (Å²) in [6, 6.07) is 9.99. The first-order chi connectivity index (χ1) is 15.1. The van der Waals surface area contributed by atoms with Crippen LogP contribution in [-0.2, 0) is 0 Å². The molecule has 162 valence electrons. The van der Waals surface area contributed by atoms with Crippen molar-refractivity contribution >= 4 is 16.9 Å². The van der Waals surface area contributed by atoms with Crippen molar-refractivity contribution in [1.82, 2.24) is 24.3 Å². The smallest absolute Gasteiger partial charge is 0.323 e. The second kappa shape index (κ2) is 8.30. The molecular formula is C24H29N5O2. The summed E-state index contributed by atoms with van der Waals surface area (Å²) in [7, 11) is 0. The molecule has 5 rings (SSSR count). The van der Waals surface area contributed by atoms with Crippen molar-refractivity contribution in [2.45, 2.75) is 51.2 Å². The van der Waals surface area contributed by atoms with E-state index in [4.69, 9.17) is 0 Å². The molecule has 0 saturated carbocycles. The number of nitrogens with one attached hydrogen (secondary N) is 1. The number of rotatable bonds is 3. The summed E-state index contributed by atoms with van der Waals surface area (Å²) < 4.78 is 1.94. The number of aromatic nitrogens is 3. The standard InChI is InChI=1S/C24H29N5O2/c1-17-7-8-21-20(15-17)26-24(31)29(21)19-9-13-27(14-10-19)22-6-2-3-12-28(22)23(30)18-5-4-11-25-16-18/h4-5,7-8,11,15-16,19,22H,2-3,6,9-10,12-14H2,1H3,(H,26,31). The highest BCUT2D eigenvalue weighted by Gasteiger charge is 2.34. The molecule has 2 saturated heterocycles. The van der Waals surface area contributed by atoms with Crippen LogP contribution in [0.15, 0.2) is 47.5 Å². The summed E-state index contributed by atoms with van der Waals surface area (Å²) in [6.07, 6.45) is 8.49. The second-order valence-corrected chi connectivity index (χ2v) is 8.80. The highest BCUT2D eigenvalue weighted by molar-refractivity contribution is 5.94. The zero-order chi connectivity index (χ0) is 21.4. The zero-order valence-electron chi connectivity index (χ0n) is 18.0.